The van der Waals surface area contributed by atoms with E-state index in [-0.39, 0.29) is 31.1 Å². The minimum Gasteiger partial charge on any atom is -0.481 e. The minimum atomic E-state index is -2.02. The first-order chi connectivity index (χ1) is 29.6. The molecule has 1 aromatic heterocycles. The molecule has 0 fully saturated rings. The van der Waals surface area contributed by atoms with Crippen LogP contribution in [0.3, 0.4) is 0 Å². The molecule has 2 aromatic rings. The van der Waals surface area contributed by atoms with Gasteiger partial charge in [0.05, 0.1) is 32.6 Å². The number of carbonyl (C=O) groups is 10. The number of nitrogens with two attached hydrogens (primary N) is 1. The lowest BCUT2D eigenvalue weighted by Crippen LogP contribution is -2.61. The summed E-state index contributed by atoms with van der Waals surface area (Å²) in [5, 5.41) is 64.6. The number of benzene rings is 1. The Kier molecular flexibility index (Phi) is 21.1. The third-order valence-corrected chi connectivity index (χ3v) is 9.25. The average molecular weight is 892 g/mol. The number of aliphatic carboxylic acids is 3. The van der Waals surface area contributed by atoms with E-state index in [9.17, 15) is 73.5 Å². The molecule has 15 N–H and O–H groups in total. The van der Waals surface area contributed by atoms with E-state index in [1.165, 1.54) is 6.20 Å². The highest BCUT2D eigenvalue weighted by Crippen LogP contribution is 2.20. The van der Waals surface area contributed by atoms with Gasteiger partial charge in [0, 0.05) is 23.5 Å². The van der Waals surface area contributed by atoms with Crippen LogP contribution in [0.1, 0.15) is 58.9 Å². The van der Waals surface area contributed by atoms with Crippen LogP contribution in [0.25, 0.3) is 10.9 Å². The molecule has 7 atom stereocenters. The van der Waals surface area contributed by atoms with Gasteiger partial charge >= 0.3 is 17.9 Å². The maximum absolute atomic E-state index is 14.2. The van der Waals surface area contributed by atoms with Gasteiger partial charge in [-0.3, -0.25) is 43.2 Å². The topological polar surface area (TPSA) is 398 Å². The molecule has 24 nitrogen and oxygen atoms in total. The molecule has 0 aliphatic heterocycles. The van der Waals surface area contributed by atoms with Crippen molar-refractivity contribution in [2.45, 2.75) is 102 Å². The van der Waals surface area contributed by atoms with Crippen molar-refractivity contribution >= 4 is 70.2 Å². The first-order valence-corrected chi connectivity index (χ1v) is 19.8. The predicted molar refractivity (Wildman–Crippen MR) is 220 cm³/mol. The van der Waals surface area contributed by atoms with Crippen LogP contribution in [0.5, 0.6) is 0 Å². The van der Waals surface area contributed by atoms with Crippen LogP contribution < -0.4 is 43.0 Å². The zero-order chi connectivity index (χ0) is 47.6. The molecule has 1 heterocycles. The van der Waals surface area contributed by atoms with E-state index in [4.69, 9.17) is 5.73 Å². The summed E-state index contributed by atoms with van der Waals surface area (Å²) >= 11 is 0. The Labute approximate surface area is 360 Å². The van der Waals surface area contributed by atoms with Gasteiger partial charge in [-0.25, -0.2) is 4.79 Å². The molecule has 0 bridgehead atoms. The Morgan fingerprint density at radius 2 is 0.952 bits per heavy atom. The number of aliphatic hydroxyl groups is 2. The standard InChI is InChI=1S/C39H57N9O15/c1-18(2)9-23(33(56)48-29(17-50)38(61)47-27(39(62)63)10-19(3)4)43-34(57)24(11-20-15-41-22-8-6-5-7-21(20)22)44-35(58)25(12-31(52)53)45-36(59)26(13-32(54)55)46-37(60)28(16-49)42-30(51)14-40/h5-8,15,18-19,23-29,41,49-50H,9-14,16-17,40H2,1-4H3,(H,42,51)(H,43,57)(H,44,58)(H,45,59)(H,46,60)(H,47,61)(H,48,56)(H,52,53)(H,54,55)(H,62,63)/t23-,24-,25-,26-,27-,28-,29-/m0/s1. The van der Waals surface area contributed by atoms with Crippen LogP contribution in [0.4, 0.5) is 0 Å². The van der Waals surface area contributed by atoms with Gasteiger partial charge in [-0.1, -0.05) is 45.9 Å². The van der Waals surface area contributed by atoms with Crippen LogP contribution >= 0.6 is 0 Å². The molecule has 0 aliphatic rings. The Morgan fingerprint density at radius 1 is 0.556 bits per heavy atom. The number of rotatable bonds is 27. The average Bonchev–Trinajstić information content (AvgIpc) is 3.61. The Hall–Kier alpha value is -6.66. The van der Waals surface area contributed by atoms with Crippen molar-refractivity contribution in [3.63, 3.8) is 0 Å². The largest absolute Gasteiger partial charge is 0.481 e. The molecule has 63 heavy (non-hydrogen) atoms. The van der Waals surface area contributed by atoms with Crippen molar-refractivity contribution in [3.05, 3.63) is 36.0 Å². The molecule has 0 saturated carbocycles. The minimum absolute atomic E-state index is 0.0424. The van der Waals surface area contributed by atoms with Crippen LogP contribution in [-0.2, 0) is 54.4 Å². The number of nitrogens with one attached hydrogen (secondary N) is 8. The normalized spacial score (nSPS) is 14.5. The summed E-state index contributed by atoms with van der Waals surface area (Å²) in [7, 11) is 0. The summed E-state index contributed by atoms with van der Waals surface area (Å²) in [6.45, 7) is 4.34. The summed E-state index contributed by atoms with van der Waals surface area (Å²) in [5.74, 6) is -12.8. The lowest BCUT2D eigenvalue weighted by molar-refractivity contribution is -0.143. The Morgan fingerprint density at radius 3 is 1.43 bits per heavy atom. The number of hydrogen-bond donors (Lipinski definition) is 14. The van der Waals surface area contributed by atoms with E-state index < -0.39 is 134 Å². The van der Waals surface area contributed by atoms with E-state index in [1.54, 1.807) is 52.0 Å². The summed E-state index contributed by atoms with van der Waals surface area (Å²) in [5.41, 5.74) is 6.31. The quantitative estimate of drug-likeness (QED) is 0.0409. The monoisotopic (exact) mass is 891 g/mol. The molecular weight excluding hydrogens is 834 g/mol. The summed E-state index contributed by atoms with van der Waals surface area (Å²) in [4.78, 5) is 131. The number of H-pyrrole nitrogens is 1. The van der Waals surface area contributed by atoms with Crippen LogP contribution in [0, 0.1) is 11.8 Å². The Bertz CT molecular complexity index is 1970. The molecule has 0 saturated heterocycles. The van der Waals surface area contributed by atoms with Gasteiger partial charge < -0.3 is 73.5 Å². The third kappa shape index (κ3) is 17.3. The second-order valence-electron chi connectivity index (χ2n) is 15.4. The lowest BCUT2D eigenvalue weighted by Gasteiger charge is -2.27. The van der Waals surface area contributed by atoms with Crippen molar-refractivity contribution in [2.75, 3.05) is 19.8 Å². The zero-order valence-electron chi connectivity index (χ0n) is 35.1. The zero-order valence-corrected chi connectivity index (χ0v) is 35.1. The molecule has 0 unspecified atom stereocenters. The van der Waals surface area contributed by atoms with E-state index in [0.29, 0.717) is 16.5 Å². The molecular formula is C39H57N9O15. The molecule has 7 amide bonds. The smallest absolute Gasteiger partial charge is 0.326 e. The van der Waals surface area contributed by atoms with E-state index in [0.717, 1.165) is 0 Å². The van der Waals surface area contributed by atoms with E-state index in [1.807, 2.05) is 5.32 Å². The van der Waals surface area contributed by atoms with Gasteiger partial charge in [0.1, 0.15) is 42.3 Å². The van der Waals surface area contributed by atoms with Crippen molar-refractivity contribution in [2.24, 2.45) is 17.6 Å². The fourth-order valence-electron chi connectivity index (χ4n) is 6.17. The molecule has 348 valence electrons. The Balaban J connectivity index is 2.47. The molecule has 0 spiro atoms. The van der Waals surface area contributed by atoms with Crippen molar-refractivity contribution in [3.8, 4) is 0 Å². The fraction of sp³-hybridized carbons (Fsp3) is 0.538. The van der Waals surface area contributed by atoms with E-state index in [2.05, 4.69) is 36.9 Å². The highest BCUT2D eigenvalue weighted by atomic mass is 16.4. The van der Waals surface area contributed by atoms with Crippen LogP contribution in [0.2, 0.25) is 0 Å². The number of fused-ring (bicyclic) bond motifs is 1. The second kappa shape index (κ2) is 25.3. The summed E-state index contributed by atoms with van der Waals surface area (Å²) < 4.78 is 0. The summed E-state index contributed by atoms with van der Waals surface area (Å²) in [6.07, 6.45) is -1.01. The van der Waals surface area contributed by atoms with Gasteiger partial charge in [-0.05, 0) is 36.3 Å². The van der Waals surface area contributed by atoms with Crippen LogP contribution in [-0.4, -0.2) is 152 Å². The number of aromatic nitrogens is 1. The van der Waals surface area contributed by atoms with E-state index >= 15 is 0 Å². The number of carboxylic acids is 3. The van der Waals surface area contributed by atoms with Gasteiger partial charge in [-0.2, -0.15) is 0 Å². The fourth-order valence-corrected chi connectivity index (χ4v) is 6.17. The predicted octanol–water partition coefficient (Wildman–Crippen LogP) is -3.83. The number of aliphatic hydroxyl groups excluding tert-OH is 2. The highest BCUT2D eigenvalue weighted by molar-refractivity contribution is 5.99. The molecule has 2 rings (SSSR count). The van der Waals surface area contributed by atoms with Gasteiger partial charge in [0.2, 0.25) is 41.4 Å². The molecule has 24 heteroatoms. The van der Waals surface area contributed by atoms with Gasteiger partial charge in [0.25, 0.3) is 0 Å². The lowest BCUT2D eigenvalue weighted by atomic mass is 10.00. The third-order valence-electron chi connectivity index (χ3n) is 9.25. The first-order valence-electron chi connectivity index (χ1n) is 19.8. The number of aromatic amines is 1. The first kappa shape index (κ1) is 52.5. The maximum Gasteiger partial charge on any atom is 0.326 e. The van der Waals surface area contributed by atoms with Gasteiger partial charge in [-0.15, -0.1) is 0 Å². The molecule has 0 radical (unpaired) electrons. The van der Waals surface area contributed by atoms with Crippen molar-refractivity contribution in [1.29, 1.82) is 0 Å². The SMILES string of the molecule is CC(C)C[C@H](NC(=O)[C@H](CO)NC(=O)[C@H](CC(C)C)NC(=O)[C@H](Cc1c[nH]c2ccccc12)NC(=O)[C@H](CC(=O)O)NC(=O)[C@H](CC(=O)O)NC(=O)[C@H](CO)NC(=O)CN)C(=O)O. The maximum atomic E-state index is 14.2. The number of amides is 7. The number of hydrogen-bond acceptors (Lipinski definition) is 13. The summed E-state index contributed by atoms with van der Waals surface area (Å²) in [6, 6.07) is -4.86. The number of carboxylic acid groups (broad SMARTS) is 3. The molecule has 1 aromatic carbocycles. The van der Waals surface area contributed by atoms with Crippen molar-refractivity contribution in [1.82, 2.24) is 42.2 Å². The van der Waals surface area contributed by atoms with Gasteiger partial charge in [0.15, 0.2) is 0 Å². The molecule has 0 aliphatic carbocycles. The highest BCUT2D eigenvalue weighted by Gasteiger charge is 2.36. The number of carbonyl (C=O) groups excluding carboxylic acids is 7. The van der Waals surface area contributed by atoms with Crippen LogP contribution in [0.15, 0.2) is 30.5 Å². The number of para-hydroxylation sites is 1. The van der Waals surface area contributed by atoms with Crippen molar-refractivity contribution < 1.29 is 73.5 Å². The second-order valence-corrected chi connectivity index (χ2v) is 15.4.